The van der Waals surface area contributed by atoms with E-state index in [-0.39, 0.29) is 11.7 Å². The van der Waals surface area contributed by atoms with Crippen LogP contribution in [0.15, 0.2) is 33.6 Å². The molecule has 0 bridgehead atoms. The molecule has 1 aliphatic heterocycles. The van der Waals surface area contributed by atoms with Crippen LogP contribution in [0.2, 0.25) is 0 Å². The topological polar surface area (TPSA) is 57.6 Å². The fourth-order valence-corrected chi connectivity index (χ4v) is 3.50. The summed E-state index contributed by atoms with van der Waals surface area (Å²) in [5, 5.41) is 9.05. The van der Waals surface area contributed by atoms with E-state index < -0.39 is 12.0 Å². The maximum atomic E-state index is 12.0. The molecule has 6 heteroatoms. The lowest BCUT2D eigenvalue weighted by Crippen LogP contribution is -2.41. The monoisotopic (exact) mass is 343 g/mol. The molecule has 1 aromatic carbocycles. The van der Waals surface area contributed by atoms with Gasteiger partial charge in [-0.3, -0.25) is 4.79 Å². The van der Waals surface area contributed by atoms with Crippen molar-refractivity contribution in [3.05, 3.63) is 28.7 Å². The number of aliphatic carboxylic acids is 1. The van der Waals surface area contributed by atoms with Crippen molar-refractivity contribution in [1.29, 1.82) is 0 Å². The quantitative estimate of drug-likeness (QED) is 0.853. The minimum Gasteiger partial charge on any atom is -0.480 e. The molecule has 0 aliphatic carbocycles. The minimum atomic E-state index is -0.904. The van der Waals surface area contributed by atoms with Crippen LogP contribution in [0.3, 0.4) is 0 Å². The molecule has 0 saturated carbocycles. The van der Waals surface area contributed by atoms with Crippen molar-refractivity contribution in [3.8, 4) is 0 Å². The van der Waals surface area contributed by atoms with Crippen LogP contribution >= 0.6 is 27.7 Å². The van der Waals surface area contributed by atoms with Crippen molar-refractivity contribution in [2.75, 3.05) is 12.3 Å². The molecule has 1 aromatic rings. The van der Waals surface area contributed by atoms with Crippen molar-refractivity contribution in [1.82, 2.24) is 4.90 Å². The van der Waals surface area contributed by atoms with Crippen molar-refractivity contribution >= 4 is 39.6 Å². The maximum Gasteiger partial charge on any atom is 0.326 e. The number of likely N-dealkylation sites (tertiary alicyclic amines) is 1. The second-order valence-electron chi connectivity index (χ2n) is 4.33. The molecule has 4 nitrogen and oxygen atoms in total. The number of hydrogen-bond donors (Lipinski definition) is 1. The number of carboxylic acid groups (broad SMARTS) is 1. The third-order valence-electron chi connectivity index (χ3n) is 3.02. The minimum absolute atomic E-state index is 0.102. The Morgan fingerprint density at radius 1 is 1.47 bits per heavy atom. The molecule has 1 N–H and O–H groups in total. The molecular formula is C13H14BrNO3S. The van der Waals surface area contributed by atoms with Crippen LogP contribution in [0, 0.1) is 0 Å². The van der Waals surface area contributed by atoms with Gasteiger partial charge in [0.15, 0.2) is 0 Å². The van der Waals surface area contributed by atoms with Gasteiger partial charge in [0.25, 0.3) is 0 Å². The molecule has 1 aliphatic rings. The molecule has 2 rings (SSSR count). The highest BCUT2D eigenvalue weighted by atomic mass is 79.9. The third-order valence-corrected chi connectivity index (χ3v) is 4.49. The number of halogens is 1. The number of benzene rings is 1. The largest absolute Gasteiger partial charge is 0.480 e. The van der Waals surface area contributed by atoms with Gasteiger partial charge in [-0.25, -0.2) is 4.79 Å². The molecule has 1 heterocycles. The number of hydrogen-bond acceptors (Lipinski definition) is 3. The molecule has 0 radical (unpaired) electrons. The summed E-state index contributed by atoms with van der Waals surface area (Å²) < 4.78 is 0.967. The summed E-state index contributed by atoms with van der Waals surface area (Å²) in [6.07, 6.45) is 1.33. The molecule has 0 aromatic heterocycles. The smallest absolute Gasteiger partial charge is 0.326 e. The Morgan fingerprint density at radius 3 is 2.95 bits per heavy atom. The summed E-state index contributed by atoms with van der Waals surface area (Å²) in [4.78, 5) is 25.6. The fourth-order valence-electron chi connectivity index (χ4n) is 2.11. The first-order chi connectivity index (χ1) is 9.08. The molecule has 0 unspecified atom stereocenters. The first-order valence-electron chi connectivity index (χ1n) is 5.98. The van der Waals surface area contributed by atoms with Crippen molar-refractivity contribution in [2.24, 2.45) is 0 Å². The SMILES string of the molecule is O=C(O)[C@@H]1CCCN1C(=O)CSc1cccc(Br)c1. The van der Waals surface area contributed by atoms with Crippen molar-refractivity contribution in [3.63, 3.8) is 0 Å². The second kappa shape index (κ2) is 6.43. The standard InChI is InChI=1S/C13H14BrNO3S/c14-9-3-1-4-10(7-9)19-8-12(16)15-6-2-5-11(15)13(17)18/h1,3-4,7,11H,2,5-6,8H2,(H,17,18)/t11-/m0/s1. The number of thioether (sulfide) groups is 1. The van der Waals surface area contributed by atoms with Crippen LogP contribution in [-0.2, 0) is 9.59 Å². The Kier molecular flexibility index (Phi) is 4.87. The zero-order valence-corrected chi connectivity index (χ0v) is 12.6. The predicted octanol–water partition coefficient (Wildman–Crippen LogP) is 2.62. The second-order valence-corrected chi connectivity index (χ2v) is 6.29. The van der Waals surface area contributed by atoms with Crippen LogP contribution in [0.4, 0.5) is 0 Å². The van der Waals surface area contributed by atoms with E-state index in [1.54, 1.807) is 0 Å². The van der Waals surface area contributed by atoms with Crippen molar-refractivity contribution < 1.29 is 14.7 Å². The summed E-state index contributed by atoms with van der Waals surface area (Å²) in [6.45, 7) is 0.550. The Morgan fingerprint density at radius 2 is 2.26 bits per heavy atom. The highest BCUT2D eigenvalue weighted by Gasteiger charge is 2.33. The average Bonchev–Trinajstić information content (AvgIpc) is 2.85. The lowest BCUT2D eigenvalue weighted by molar-refractivity contribution is -0.147. The van der Waals surface area contributed by atoms with Gasteiger partial charge in [0.05, 0.1) is 5.75 Å². The lowest BCUT2D eigenvalue weighted by Gasteiger charge is -2.21. The van der Waals surface area contributed by atoms with Gasteiger partial charge in [-0.2, -0.15) is 0 Å². The van der Waals surface area contributed by atoms with E-state index in [0.29, 0.717) is 13.0 Å². The van der Waals surface area contributed by atoms with Gasteiger partial charge < -0.3 is 10.0 Å². The van der Waals surface area contributed by atoms with Gasteiger partial charge in [0, 0.05) is 15.9 Å². The molecule has 1 atom stereocenters. The third kappa shape index (κ3) is 3.73. The van der Waals surface area contributed by atoms with E-state index in [4.69, 9.17) is 5.11 Å². The molecule has 1 saturated heterocycles. The van der Waals surface area contributed by atoms with E-state index in [1.165, 1.54) is 16.7 Å². The zero-order chi connectivity index (χ0) is 13.8. The van der Waals surface area contributed by atoms with E-state index in [9.17, 15) is 9.59 Å². The van der Waals surface area contributed by atoms with Gasteiger partial charge >= 0.3 is 5.97 Å². The Balaban J connectivity index is 1.92. The van der Waals surface area contributed by atoms with Crippen LogP contribution < -0.4 is 0 Å². The Labute approximate surface area is 124 Å². The van der Waals surface area contributed by atoms with Gasteiger partial charge in [0.1, 0.15) is 6.04 Å². The Hall–Kier alpha value is -1.01. The average molecular weight is 344 g/mol. The lowest BCUT2D eigenvalue weighted by atomic mass is 10.2. The molecule has 0 spiro atoms. The zero-order valence-electron chi connectivity index (χ0n) is 10.2. The van der Waals surface area contributed by atoms with E-state index in [2.05, 4.69) is 15.9 Å². The fraction of sp³-hybridized carbons (Fsp3) is 0.385. The maximum absolute atomic E-state index is 12.0. The summed E-state index contributed by atoms with van der Waals surface area (Å²) in [7, 11) is 0. The highest BCUT2D eigenvalue weighted by Crippen LogP contribution is 2.24. The van der Waals surface area contributed by atoms with Gasteiger partial charge in [0.2, 0.25) is 5.91 Å². The molecule has 102 valence electrons. The van der Waals surface area contributed by atoms with Crippen LogP contribution in [0.1, 0.15) is 12.8 Å². The summed E-state index contributed by atoms with van der Waals surface area (Å²) >= 11 is 4.81. The van der Waals surface area contributed by atoms with Crippen LogP contribution in [-0.4, -0.2) is 40.2 Å². The van der Waals surface area contributed by atoms with Crippen LogP contribution in [0.25, 0.3) is 0 Å². The van der Waals surface area contributed by atoms with Crippen molar-refractivity contribution in [2.45, 2.75) is 23.8 Å². The number of carbonyl (C=O) groups is 2. The normalized spacial score (nSPS) is 18.6. The Bertz CT molecular complexity index is 495. The van der Waals surface area contributed by atoms with E-state index >= 15 is 0 Å². The van der Waals surface area contributed by atoms with Gasteiger partial charge in [-0.05, 0) is 31.0 Å². The number of rotatable bonds is 4. The van der Waals surface area contributed by atoms with E-state index in [1.807, 2.05) is 24.3 Å². The number of carbonyl (C=O) groups excluding carboxylic acids is 1. The summed E-state index contributed by atoms with van der Waals surface area (Å²) in [5.74, 6) is -0.728. The first-order valence-corrected chi connectivity index (χ1v) is 7.76. The van der Waals surface area contributed by atoms with Gasteiger partial charge in [-0.1, -0.05) is 22.0 Å². The number of carboxylic acids is 1. The number of amides is 1. The van der Waals surface area contributed by atoms with E-state index in [0.717, 1.165) is 15.8 Å². The number of nitrogens with zero attached hydrogens (tertiary/aromatic N) is 1. The molecule has 1 amide bonds. The molecular weight excluding hydrogens is 330 g/mol. The van der Waals surface area contributed by atoms with Gasteiger partial charge in [-0.15, -0.1) is 11.8 Å². The predicted molar refractivity (Wildman–Crippen MR) is 77.2 cm³/mol. The molecule has 19 heavy (non-hydrogen) atoms. The molecule has 1 fully saturated rings. The van der Waals surface area contributed by atoms with Crippen LogP contribution in [0.5, 0.6) is 0 Å². The highest BCUT2D eigenvalue weighted by molar-refractivity contribution is 9.10. The first kappa shape index (κ1) is 14.4. The summed E-state index contributed by atoms with van der Waals surface area (Å²) in [5.41, 5.74) is 0. The summed E-state index contributed by atoms with van der Waals surface area (Å²) in [6, 6.07) is 7.06.